The lowest BCUT2D eigenvalue weighted by Crippen LogP contribution is -2.31. The van der Waals surface area contributed by atoms with Crippen LogP contribution in [0.3, 0.4) is 0 Å². The number of hydrazine groups is 1. The normalized spacial score (nSPS) is 9.82. The summed E-state index contributed by atoms with van der Waals surface area (Å²) in [5, 5.41) is 8.11. The maximum absolute atomic E-state index is 8.11. The summed E-state index contributed by atoms with van der Waals surface area (Å²) in [5.74, 6) is 6.54. The number of rotatable bonds is 15. The van der Waals surface area contributed by atoms with Crippen LogP contribution in [0.15, 0.2) is 0 Å². The first-order valence-electron chi connectivity index (χ1n) is 8.90. The van der Waals surface area contributed by atoms with E-state index in [1.165, 1.54) is 57.6 Å². The Kier molecular flexibility index (Phi) is 18.7. The molecule has 4 heteroatoms. The standard InChI is InChI=1S/C18H33N3O/c1-2-3-4-5-6-7-8-9-10-11-12-13-14-15-16-17-20-21-22-18-19/h20-21H,2-10,13-17H2,1H3. The van der Waals surface area contributed by atoms with Gasteiger partial charge >= 0.3 is 6.26 Å². The average Bonchev–Trinajstić information content (AvgIpc) is 2.54. The number of unbranched alkanes of at least 4 members (excludes halogenated alkanes) is 11. The van der Waals surface area contributed by atoms with E-state index in [-0.39, 0.29) is 0 Å². The van der Waals surface area contributed by atoms with Crippen LogP contribution in [0, 0.1) is 23.4 Å². The van der Waals surface area contributed by atoms with Gasteiger partial charge in [0, 0.05) is 19.4 Å². The van der Waals surface area contributed by atoms with Crippen LogP contribution in [0.2, 0.25) is 0 Å². The third-order valence-corrected chi connectivity index (χ3v) is 3.55. The molecule has 0 bridgehead atoms. The quantitative estimate of drug-likeness (QED) is 0.201. The topological polar surface area (TPSA) is 57.1 Å². The highest BCUT2D eigenvalue weighted by atomic mass is 16.7. The highest BCUT2D eigenvalue weighted by molar-refractivity contribution is 4.98. The molecular weight excluding hydrogens is 274 g/mol. The lowest BCUT2D eigenvalue weighted by molar-refractivity contribution is 0.109. The summed E-state index contributed by atoms with van der Waals surface area (Å²) in [6.45, 7) is 3.06. The largest absolute Gasteiger partial charge is 0.315 e. The molecule has 0 aliphatic rings. The van der Waals surface area contributed by atoms with Gasteiger partial charge in [0.05, 0.1) is 0 Å². The molecule has 0 aromatic heterocycles. The number of hydrogen-bond acceptors (Lipinski definition) is 4. The number of nitrogens with zero attached hydrogens (tertiary/aromatic N) is 1. The van der Waals surface area contributed by atoms with Crippen LogP contribution in [0.25, 0.3) is 0 Å². The van der Waals surface area contributed by atoms with E-state index in [0.29, 0.717) is 0 Å². The molecule has 4 nitrogen and oxygen atoms in total. The van der Waals surface area contributed by atoms with Crippen molar-refractivity contribution in [2.45, 2.75) is 90.4 Å². The zero-order valence-electron chi connectivity index (χ0n) is 14.3. The fraction of sp³-hybridized carbons (Fsp3) is 0.833. The summed E-state index contributed by atoms with van der Waals surface area (Å²) in [6, 6.07) is 0. The molecule has 0 amide bonds. The molecule has 0 saturated heterocycles. The molecular formula is C18H33N3O. The minimum absolute atomic E-state index is 0.799. The van der Waals surface area contributed by atoms with E-state index in [2.05, 4.69) is 34.6 Å². The first kappa shape index (κ1) is 20.8. The van der Waals surface area contributed by atoms with E-state index in [4.69, 9.17) is 5.26 Å². The number of nitrogens with one attached hydrogen (secondary N) is 2. The Morgan fingerprint density at radius 1 is 0.773 bits per heavy atom. The van der Waals surface area contributed by atoms with Gasteiger partial charge in [0.2, 0.25) is 0 Å². The fourth-order valence-corrected chi connectivity index (χ4v) is 2.24. The summed E-state index contributed by atoms with van der Waals surface area (Å²) >= 11 is 0. The molecule has 2 N–H and O–H groups in total. The lowest BCUT2D eigenvalue weighted by atomic mass is 10.1. The lowest BCUT2D eigenvalue weighted by Gasteiger charge is -2.01. The Labute approximate surface area is 136 Å². The zero-order valence-corrected chi connectivity index (χ0v) is 14.3. The minimum atomic E-state index is 0.799. The van der Waals surface area contributed by atoms with Gasteiger partial charge in [-0.2, -0.15) is 0 Å². The van der Waals surface area contributed by atoms with Gasteiger partial charge in [-0.1, -0.05) is 63.9 Å². The Bertz CT molecular complexity index is 315. The first-order chi connectivity index (χ1) is 10.9. The van der Waals surface area contributed by atoms with Crippen LogP contribution in [0.5, 0.6) is 0 Å². The maximum atomic E-state index is 8.11. The molecule has 0 saturated carbocycles. The predicted octanol–water partition coefficient (Wildman–Crippen LogP) is 4.59. The molecule has 0 rings (SSSR count). The first-order valence-corrected chi connectivity index (χ1v) is 8.90. The Morgan fingerprint density at radius 3 is 1.91 bits per heavy atom. The van der Waals surface area contributed by atoms with Crippen molar-refractivity contribution in [2.24, 2.45) is 0 Å². The molecule has 0 aromatic carbocycles. The highest BCUT2D eigenvalue weighted by Gasteiger charge is 1.91. The molecule has 0 radical (unpaired) electrons. The summed E-state index contributed by atoms with van der Waals surface area (Å²) in [7, 11) is 0. The van der Waals surface area contributed by atoms with Crippen LogP contribution in [0.1, 0.15) is 90.4 Å². The fourth-order valence-electron chi connectivity index (χ4n) is 2.24. The molecule has 0 spiro atoms. The Morgan fingerprint density at radius 2 is 1.32 bits per heavy atom. The summed E-state index contributed by atoms with van der Waals surface area (Å²) in [4.78, 5) is 4.28. The van der Waals surface area contributed by atoms with Gasteiger partial charge in [0.15, 0.2) is 0 Å². The van der Waals surface area contributed by atoms with Gasteiger partial charge in [-0.05, 0) is 19.3 Å². The minimum Gasteiger partial charge on any atom is -0.315 e. The van der Waals surface area contributed by atoms with Crippen molar-refractivity contribution in [3.05, 3.63) is 0 Å². The molecule has 0 fully saturated rings. The molecule has 0 aliphatic heterocycles. The maximum Gasteiger partial charge on any atom is 0.308 e. The van der Waals surface area contributed by atoms with Gasteiger partial charge in [-0.25, -0.2) is 5.43 Å². The Balaban J connectivity index is 3.08. The number of nitriles is 1. The van der Waals surface area contributed by atoms with E-state index in [9.17, 15) is 0 Å². The van der Waals surface area contributed by atoms with E-state index in [0.717, 1.165) is 38.6 Å². The third kappa shape index (κ3) is 18.8. The summed E-state index contributed by atoms with van der Waals surface area (Å²) in [5.41, 5.74) is 5.15. The molecule has 22 heavy (non-hydrogen) atoms. The van der Waals surface area contributed by atoms with Gasteiger partial charge in [-0.15, -0.1) is 17.1 Å². The van der Waals surface area contributed by atoms with Gasteiger partial charge < -0.3 is 4.84 Å². The van der Waals surface area contributed by atoms with E-state index >= 15 is 0 Å². The molecule has 0 atom stereocenters. The molecule has 126 valence electrons. The van der Waals surface area contributed by atoms with Crippen molar-refractivity contribution in [3.8, 4) is 18.1 Å². The van der Waals surface area contributed by atoms with E-state index in [1.807, 2.05) is 0 Å². The van der Waals surface area contributed by atoms with Crippen LogP contribution in [-0.4, -0.2) is 6.54 Å². The second-order valence-corrected chi connectivity index (χ2v) is 5.61. The van der Waals surface area contributed by atoms with Crippen LogP contribution >= 0.6 is 0 Å². The van der Waals surface area contributed by atoms with E-state index < -0.39 is 0 Å². The summed E-state index contributed by atoms with van der Waals surface area (Å²) < 4.78 is 0. The summed E-state index contributed by atoms with van der Waals surface area (Å²) in [6.07, 6.45) is 17.9. The predicted molar refractivity (Wildman–Crippen MR) is 91.3 cm³/mol. The molecule has 0 unspecified atom stereocenters. The van der Waals surface area contributed by atoms with Crippen molar-refractivity contribution >= 4 is 0 Å². The Hall–Kier alpha value is -1.23. The third-order valence-electron chi connectivity index (χ3n) is 3.55. The van der Waals surface area contributed by atoms with Gasteiger partial charge in [-0.3, -0.25) is 0 Å². The molecule has 0 heterocycles. The van der Waals surface area contributed by atoms with E-state index in [1.54, 1.807) is 0 Å². The molecule has 0 aromatic rings. The monoisotopic (exact) mass is 307 g/mol. The highest BCUT2D eigenvalue weighted by Crippen LogP contribution is 2.09. The zero-order chi connectivity index (χ0) is 16.1. The van der Waals surface area contributed by atoms with Crippen LogP contribution < -0.4 is 11.0 Å². The number of hydrogen-bond donors (Lipinski definition) is 2. The average molecular weight is 307 g/mol. The van der Waals surface area contributed by atoms with Gasteiger partial charge in [0.25, 0.3) is 0 Å². The van der Waals surface area contributed by atoms with Crippen molar-refractivity contribution in [2.75, 3.05) is 6.54 Å². The van der Waals surface area contributed by atoms with Crippen molar-refractivity contribution in [3.63, 3.8) is 0 Å². The molecule has 0 aliphatic carbocycles. The van der Waals surface area contributed by atoms with Crippen molar-refractivity contribution in [1.29, 1.82) is 5.26 Å². The second-order valence-electron chi connectivity index (χ2n) is 5.61. The second kappa shape index (κ2) is 19.8. The smallest absolute Gasteiger partial charge is 0.308 e. The van der Waals surface area contributed by atoms with Gasteiger partial charge in [0.1, 0.15) is 0 Å². The SMILES string of the molecule is CCCCCCCCCCC#CCCCCCNNOC#N. The van der Waals surface area contributed by atoms with Crippen molar-refractivity contribution in [1.82, 2.24) is 11.0 Å². The van der Waals surface area contributed by atoms with Crippen LogP contribution in [0.4, 0.5) is 0 Å². The van der Waals surface area contributed by atoms with Crippen LogP contribution in [-0.2, 0) is 4.84 Å². The van der Waals surface area contributed by atoms with Crippen molar-refractivity contribution < 1.29 is 4.84 Å².